The van der Waals surface area contributed by atoms with Gasteiger partial charge >= 0.3 is 0 Å². The number of benzene rings is 2. The third kappa shape index (κ3) is 7.48. The van der Waals surface area contributed by atoms with Gasteiger partial charge in [0.2, 0.25) is 5.91 Å². The summed E-state index contributed by atoms with van der Waals surface area (Å²) in [6.07, 6.45) is 4.88. The monoisotopic (exact) mass is 335 g/mol. The lowest BCUT2D eigenvalue weighted by atomic mass is 10.1. The topological polar surface area (TPSA) is 53.5 Å². The van der Waals surface area contributed by atoms with Crippen LogP contribution in [-0.4, -0.2) is 18.7 Å². The molecule has 4 heteroatoms. The number of amides is 1. The van der Waals surface area contributed by atoms with Crippen LogP contribution in [0.5, 0.6) is 0 Å². The minimum absolute atomic E-state index is 0.0743. The van der Waals surface area contributed by atoms with E-state index in [1.807, 2.05) is 55.5 Å². The highest BCUT2D eigenvalue weighted by Crippen LogP contribution is 2.09. The molecule has 0 fully saturated rings. The molecule has 2 rings (SSSR count). The number of rotatable bonds is 8. The van der Waals surface area contributed by atoms with E-state index >= 15 is 0 Å². The Morgan fingerprint density at radius 1 is 1.12 bits per heavy atom. The van der Waals surface area contributed by atoms with Gasteiger partial charge in [-0.3, -0.25) is 4.79 Å². The summed E-state index contributed by atoms with van der Waals surface area (Å²) in [6, 6.07) is 18.2. The molecule has 0 bridgehead atoms. The Labute approximate surface area is 149 Å². The Bertz CT molecular complexity index is 736. The summed E-state index contributed by atoms with van der Waals surface area (Å²) in [5, 5.41) is 7.32. The molecule has 0 unspecified atom stereocenters. The molecular formula is C21H25N3O. The van der Waals surface area contributed by atoms with Gasteiger partial charge in [0.05, 0.1) is 6.21 Å². The third-order valence-corrected chi connectivity index (χ3v) is 3.58. The number of nitrogens with one attached hydrogen (secondary N) is 2. The second-order valence-electron chi connectivity index (χ2n) is 5.99. The summed E-state index contributed by atoms with van der Waals surface area (Å²) < 4.78 is 0. The van der Waals surface area contributed by atoms with Crippen LogP contribution < -0.4 is 10.7 Å². The minimum Gasteiger partial charge on any atom is -0.385 e. The van der Waals surface area contributed by atoms with Crippen molar-refractivity contribution in [3.8, 4) is 0 Å². The second-order valence-corrected chi connectivity index (χ2v) is 5.99. The van der Waals surface area contributed by atoms with Crippen LogP contribution in [0.25, 0.3) is 6.08 Å². The number of nitrogens with zero attached hydrogens (tertiary/aromatic N) is 1. The van der Waals surface area contributed by atoms with E-state index in [1.54, 1.807) is 6.21 Å². The fourth-order valence-corrected chi connectivity index (χ4v) is 2.35. The number of hydrogen-bond acceptors (Lipinski definition) is 3. The van der Waals surface area contributed by atoms with Crippen LogP contribution in [0, 0.1) is 6.92 Å². The van der Waals surface area contributed by atoms with Crippen molar-refractivity contribution in [1.82, 2.24) is 5.43 Å². The number of hydrogen-bond donors (Lipinski definition) is 2. The first-order valence-electron chi connectivity index (χ1n) is 8.49. The normalized spacial score (nSPS) is 11.5. The second kappa shape index (κ2) is 10.1. The molecule has 0 aliphatic carbocycles. The lowest BCUT2D eigenvalue weighted by molar-refractivity contribution is -0.121. The van der Waals surface area contributed by atoms with Crippen molar-refractivity contribution in [3.63, 3.8) is 0 Å². The zero-order chi connectivity index (χ0) is 17.9. The molecular weight excluding hydrogens is 310 g/mol. The Kier molecular flexibility index (Phi) is 7.44. The molecule has 0 aromatic heterocycles. The number of carbonyl (C=O) groups is 1. The van der Waals surface area contributed by atoms with Gasteiger partial charge in [-0.2, -0.15) is 5.10 Å². The summed E-state index contributed by atoms with van der Waals surface area (Å²) in [5.41, 5.74) is 6.96. The summed E-state index contributed by atoms with van der Waals surface area (Å²) in [4.78, 5) is 11.8. The average Bonchev–Trinajstić information content (AvgIpc) is 2.60. The van der Waals surface area contributed by atoms with Crippen molar-refractivity contribution in [2.45, 2.75) is 26.7 Å². The SMILES string of the molecule is CC(/C=N/NC(=O)CCCNc1cccc(C)c1)=C\c1ccccc1. The van der Waals surface area contributed by atoms with E-state index < -0.39 is 0 Å². The summed E-state index contributed by atoms with van der Waals surface area (Å²) in [7, 11) is 0. The smallest absolute Gasteiger partial charge is 0.240 e. The molecule has 0 aliphatic heterocycles. The maximum absolute atomic E-state index is 11.8. The van der Waals surface area contributed by atoms with Crippen molar-refractivity contribution < 1.29 is 4.79 Å². The van der Waals surface area contributed by atoms with E-state index in [0.29, 0.717) is 6.42 Å². The van der Waals surface area contributed by atoms with Crippen LogP contribution in [0.1, 0.15) is 30.9 Å². The maximum atomic E-state index is 11.8. The number of allylic oxidation sites excluding steroid dienone is 1. The molecule has 2 aromatic carbocycles. The summed E-state index contributed by atoms with van der Waals surface area (Å²) in [5.74, 6) is -0.0743. The molecule has 0 aliphatic rings. The van der Waals surface area contributed by atoms with Gasteiger partial charge < -0.3 is 5.32 Å². The van der Waals surface area contributed by atoms with E-state index in [1.165, 1.54) is 5.56 Å². The molecule has 0 heterocycles. The van der Waals surface area contributed by atoms with Crippen molar-refractivity contribution in [2.75, 3.05) is 11.9 Å². The van der Waals surface area contributed by atoms with E-state index in [9.17, 15) is 4.79 Å². The highest BCUT2D eigenvalue weighted by Gasteiger charge is 1.99. The highest BCUT2D eigenvalue weighted by atomic mass is 16.2. The first kappa shape index (κ1) is 18.5. The lowest BCUT2D eigenvalue weighted by Crippen LogP contribution is -2.18. The number of hydrazone groups is 1. The first-order valence-corrected chi connectivity index (χ1v) is 8.49. The molecule has 0 spiro atoms. The maximum Gasteiger partial charge on any atom is 0.240 e. The minimum atomic E-state index is -0.0743. The average molecular weight is 335 g/mol. The predicted molar refractivity (Wildman–Crippen MR) is 106 cm³/mol. The van der Waals surface area contributed by atoms with Gasteiger partial charge in [-0.05, 0) is 49.1 Å². The Morgan fingerprint density at radius 3 is 2.68 bits per heavy atom. The van der Waals surface area contributed by atoms with Crippen LogP contribution in [0.15, 0.2) is 65.3 Å². The van der Waals surface area contributed by atoms with Crippen LogP contribution in [0.3, 0.4) is 0 Å². The third-order valence-electron chi connectivity index (χ3n) is 3.58. The van der Waals surface area contributed by atoms with Crippen LogP contribution in [0.4, 0.5) is 5.69 Å². The molecule has 0 saturated carbocycles. The van der Waals surface area contributed by atoms with E-state index in [0.717, 1.165) is 29.8 Å². The van der Waals surface area contributed by atoms with Gasteiger partial charge in [-0.1, -0.05) is 48.5 Å². The van der Waals surface area contributed by atoms with Crippen LogP contribution in [-0.2, 0) is 4.79 Å². The van der Waals surface area contributed by atoms with Crippen molar-refractivity contribution in [1.29, 1.82) is 0 Å². The van der Waals surface area contributed by atoms with Gasteiger partial charge in [-0.25, -0.2) is 5.43 Å². The number of carbonyl (C=O) groups excluding carboxylic acids is 1. The molecule has 130 valence electrons. The lowest BCUT2D eigenvalue weighted by Gasteiger charge is -2.06. The predicted octanol–water partition coefficient (Wildman–Crippen LogP) is 4.39. The Balaban J connectivity index is 1.66. The van der Waals surface area contributed by atoms with Gasteiger partial charge in [0, 0.05) is 18.7 Å². The van der Waals surface area contributed by atoms with Gasteiger partial charge in [-0.15, -0.1) is 0 Å². The first-order chi connectivity index (χ1) is 12.1. The Hall–Kier alpha value is -2.88. The fourth-order valence-electron chi connectivity index (χ4n) is 2.35. The van der Waals surface area contributed by atoms with Crippen LogP contribution >= 0.6 is 0 Å². The van der Waals surface area contributed by atoms with Crippen molar-refractivity contribution in [2.24, 2.45) is 5.10 Å². The largest absolute Gasteiger partial charge is 0.385 e. The number of anilines is 1. The molecule has 1 amide bonds. The molecule has 0 saturated heterocycles. The molecule has 0 atom stereocenters. The quantitative estimate of drug-likeness (QED) is 0.427. The molecule has 2 aromatic rings. The van der Waals surface area contributed by atoms with E-state index in [-0.39, 0.29) is 5.91 Å². The van der Waals surface area contributed by atoms with Gasteiger partial charge in [0.1, 0.15) is 0 Å². The van der Waals surface area contributed by atoms with Gasteiger partial charge in [0.25, 0.3) is 0 Å². The standard InChI is InChI=1S/C21H25N3O/c1-17-8-6-11-20(15-17)22-13-7-12-21(25)24-23-16-18(2)14-19-9-4-3-5-10-19/h3-6,8-11,14-16,22H,7,12-13H2,1-2H3,(H,24,25)/b18-14+,23-16+. The molecule has 4 nitrogen and oxygen atoms in total. The van der Waals surface area contributed by atoms with E-state index in [2.05, 4.69) is 34.9 Å². The molecule has 0 radical (unpaired) electrons. The zero-order valence-electron chi connectivity index (χ0n) is 14.8. The molecule has 2 N–H and O–H groups in total. The molecule has 25 heavy (non-hydrogen) atoms. The van der Waals surface area contributed by atoms with Crippen molar-refractivity contribution in [3.05, 3.63) is 71.3 Å². The Morgan fingerprint density at radius 2 is 1.92 bits per heavy atom. The number of aryl methyl sites for hydroxylation is 1. The fraction of sp³-hybridized carbons (Fsp3) is 0.238. The highest BCUT2D eigenvalue weighted by molar-refractivity contribution is 5.86. The van der Waals surface area contributed by atoms with Gasteiger partial charge in [0.15, 0.2) is 0 Å². The van der Waals surface area contributed by atoms with Crippen molar-refractivity contribution >= 4 is 23.9 Å². The van der Waals surface area contributed by atoms with E-state index in [4.69, 9.17) is 0 Å². The zero-order valence-corrected chi connectivity index (χ0v) is 14.8. The summed E-state index contributed by atoms with van der Waals surface area (Å²) >= 11 is 0. The van der Waals surface area contributed by atoms with Crippen LogP contribution in [0.2, 0.25) is 0 Å². The summed E-state index contributed by atoms with van der Waals surface area (Å²) in [6.45, 7) is 4.77.